The van der Waals surface area contributed by atoms with Gasteiger partial charge in [0.25, 0.3) is 0 Å². The molecule has 0 aliphatic rings. The average Bonchev–Trinajstić information content (AvgIpc) is 2.45. The van der Waals surface area contributed by atoms with Crippen LogP contribution in [0.1, 0.15) is 23.6 Å². The van der Waals surface area contributed by atoms with Crippen LogP contribution >= 0.6 is 0 Å². The second-order valence-electron chi connectivity index (χ2n) is 4.78. The van der Waals surface area contributed by atoms with Crippen molar-refractivity contribution < 1.29 is 4.39 Å². The fraction of sp³-hybridized carbons (Fsp3) is 0.235. The molecule has 0 aliphatic heterocycles. The van der Waals surface area contributed by atoms with E-state index in [-0.39, 0.29) is 5.82 Å². The Balaban J connectivity index is 2.53. The number of benzene rings is 2. The van der Waals surface area contributed by atoms with Crippen LogP contribution in [0.5, 0.6) is 0 Å². The lowest BCUT2D eigenvalue weighted by molar-refractivity contribution is 0.628. The summed E-state index contributed by atoms with van der Waals surface area (Å²) in [5.41, 5.74) is 4.28. The molecule has 0 heterocycles. The largest absolute Gasteiger partial charge is 0.313 e. The third-order valence-corrected chi connectivity index (χ3v) is 3.17. The molecular formula is C17H17FN2. The van der Waals surface area contributed by atoms with Crippen LogP contribution in [0.3, 0.4) is 0 Å². The third-order valence-electron chi connectivity index (χ3n) is 3.17. The van der Waals surface area contributed by atoms with Crippen LogP contribution in [0, 0.1) is 24.1 Å². The fourth-order valence-electron chi connectivity index (χ4n) is 2.18. The lowest BCUT2D eigenvalue weighted by Gasteiger charge is -2.12. The molecule has 0 aliphatic carbocycles. The van der Waals surface area contributed by atoms with Crippen LogP contribution in [0.2, 0.25) is 0 Å². The number of nitriles is 1. The summed E-state index contributed by atoms with van der Waals surface area (Å²) in [7, 11) is 0. The summed E-state index contributed by atoms with van der Waals surface area (Å²) in [6.07, 6.45) is 0. The lowest BCUT2D eigenvalue weighted by Crippen LogP contribution is -2.12. The first-order valence-corrected chi connectivity index (χ1v) is 6.65. The first-order valence-electron chi connectivity index (χ1n) is 6.65. The Kier molecular flexibility index (Phi) is 4.49. The van der Waals surface area contributed by atoms with Crippen molar-refractivity contribution in [2.75, 3.05) is 6.54 Å². The van der Waals surface area contributed by atoms with Crippen LogP contribution in [0.15, 0.2) is 36.4 Å². The summed E-state index contributed by atoms with van der Waals surface area (Å²) in [6, 6.07) is 12.6. The van der Waals surface area contributed by atoms with Gasteiger partial charge in [0.2, 0.25) is 0 Å². The molecule has 2 nitrogen and oxygen atoms in total. The molecule has 20 heavy (non-hydrogen) atoms. The van der Waals surface area contributed by atoms with Crippen molar-refractivity contribution >= 4 is 0 Å². The SMILES string of the molecule is CCNCc1ccc(C)cc1-c1cc(F)cc(C#N)c1. The van der Waals surface area contributed by atoms with Gasteiger partial charge in [-0.25, -0.2) is 4.39 Å². The number of rotatable bonds is 4. The van der Waals surface area contributed by atoms with Crippen molar-refractivity contribution in [1.82, 2.24) is 5.32 Å². The highest BCUT2D eigenvalue weighted by Crippen LogP contribution is 2.27. The van der Waals surface area contributed by atoms with Gasteiger partial charge in [0.1, 0.15) is 5.82 Å². The summed E-state index contributed by atoms with van der Waals surface area (Å²) in [4.78, 5) is 0. The molecular weight excluding hydrogens is 251 g/mol. The van der Waals surface area contributed by atoms with Gasteiger partial charge in [-0.15, -0.1) is 0 Å². The number of aryl methyl sites for hydroxylation is 1. The number of halogens is 1. The summed E-state index contributed by atoms with van der Waals surface area (Å²) < 4.78 is 13.6. The topological polar surface area (TPSA) is 35.8 Å². The lowest BCUT2D eigenvalue weighted by atomic mass is 9.96. The zero-order valence-corrected chi connectivity index (χ0v) is 11.7. The maximum atomic E-state index is 13.6. The molecule has 3 heteroatoms. The number of nitrogens with one attached hydrogen (secondary N) is 1. The molecule has 0 atom stereocenters. The molecule has 2 aromatic rings. The maximum absolute atomic E-state index is 13.6. The van der Waals surface area contributed by atoms with Crippen LogP contribution in [-0.4, -0.2) is 6.54 Å². The zero-order chi connectivity index (χ0) is 14.5. The molecule has 0 spiro atoms. The third kappa shape index (κ3) is 3.23. The molecule has 0 saturated carbocycles. The van der Waals surface area contributed by atoms with Gasteiger partial charge in [0.05, 0.1) is 11.6 Å². The van der Waals surface area contributed by atoms with E-state index in [4.69, 9.17) is 5.26 Å². The van der Waals surface area contributed by atoms with E-state index < -0.39 is 0 Å². The molecule has 0 aromatic heterocycles. The smallest absolute Gasteiger partial charge is 0.125 e. The Morgan fingerprint density at radius 3 is 2.70 bits per heavy atom. The van der Waals surface area contributed by atoms with E-state index in [9.17, 15) is 4.39 Å². The van der Waals surface area contributed by atoms with E-state index in [2.05, 4.69) is 5.32 Å². The van der Waals surface area contributed by atoms with Crippen LogP contribution in [0.4, 0.5) is 4.39 Å². The van der Waals surface area contributed by atoms with E-state index >= 15 is 0 Å². The average molecular weight is 268 g/mol. The molecule has 0 fully saturated rings. The molecule has 2 rings (SSSR count). The Labute approximate surface area is 118 Å². The van der Waals surface area contributed by atoms with E-state index in [1.165, 1.54) is 12.1 Å². The fourth-order valence-corrected chi connectivity index (χ4v) is 2.18. The highest BCUT2D eigenvalue weighted by atomic mass is 19.1. The Morgan fingerprint density at radius 1 is 1.20 bits per heavy atom. The molecule has 0 bridgehead atoms. The molecule has 2 aromatic carbocycles. The van der Waals surface area contributed by atoms with Gasteiger partial charge in [-0.05, 0) is 48.4 Å². The minimum Gasteiger partial charge on any atom is -0.313 e. The first kappa shape index (κ1) is 14.2. The summed E-state index contributed by atoms with van der Waals surface area (Å²) in [5.74, 6) is -0.380. The van der Waals surface area contributed by atoms with Gasteiger partial charge >= 0.3 is 0 Å². The zero-order valence-electron chi connectivity index (χ0n) is 11.7. The monoisotopic (exact) mass is 268 g/mol. The van der Waals surface area contributed by atoms with Crippen molar-refractivity contribution in [3.8, 4) is 17.2 Å². The number of hydrogen-bond acceptors (Lipinski definition) is 2. The molecule has 0 amide bonds. The van der Waals surface area contributed by atoms with Crippen LogP contribution in [-0.2, 0) is 6.54 Å². The van der Waals surface area contributed by atoms with Gasteiger partial charge in [-0.3, -0.25) is 0 Å². The first-order chi connectivity index (χ1) is 9.63. The summed E-state index contributed by atoms with van der Waals surface area (Å²) >= 11 is 0. The second-order valence-corrected chi connectivity index (χ2v) is 4.78. The van der Waals surface area contributed by atoms with Crippen molar-refractivity contribution in [1.29, 1.82) is 5.26 Å². The van der Waals surface area contributed by atoms with Gasteiger partial charge < -0.3 is 5.32 Å². The summed E-state index contributed by atoms with van der Waals surface area (Å²) in [6.45, 7) is 5.65. The van der Waals surface area contributed by atoms with Crippen molar-refractivity contribution in [2.45, 2.75) is 20.4 Å². The van der Waals surface area contributed by atoms with Crippen molar-refractivity contribution in [3.63, 3.8) is 0 Å². The normalized spacial score (nSPS) is 10.3. The minimum atomic E-state index is -0.380. The highest BCUT2D eigenvalue weighted by molar-refractivity contribution is 5.69. The Morgan fingerprint density at radius 2 is 2.00 bits per heavy atom. The molecule has 1 N–H and O–H groups in total. The molecule has 0 unspecified atom stereocenters. The van der Waals surface area contributed by atoms with Crippen molar-refractivity contribution in [3.05, 3.63) is 58.9 Å². The quantitative estimate of drug-likeness (QED) is 0.916. The Bertz CT molecular complexity index is 657. The minimum absolute atomic E-state index is 0.343. The Hall–Kier alpha value is -2.18. The number of hydrogen-bond donors (Lipinski definition) is 1. The van der Waals surface area contributed by atoms with Crippen LogP contribution in [0.25, 0.3) is 11.1 Å². The number of nitrogens with zero attached hydrogens (tertiary/aromatic N) is 1. The molecule has 0 saturated heterocycles. The second kappa shape index (κ2) is 6.31. The van der Waals surface area contributed by atoms with E-state index in [1.54, 1.807) is 6.07 Å². The van der Waals surface area contributed by atoms with Gasteiger partial charge in [0, 0.05) is 6.54 Å². The molecule has 102 valence electrons. The van der Waals surface area contributed by atoms with Crippen LogP contribution < -0.4 is 5.32 Å². The van der Waals surface area contributed by atoms with E-state index in [0.29, 0.717) is 5.56 Å². The predicted molar refractivity (Wildman–Crippen MR) is 78.7 cm³/mol. The van der Waals surface area contributed by atoms with E-state index in [0.717, 1.165) is 35.3 Å². The van der Waals surface area contributed by atoms with Gasteiger partial charge in [-0.2, -0.15) is 5.26 Å². The van der Waals surface area contributed by atoms with Crippen molar-refractivity contribution in [2.24, 2.45) is 0 Å². The van der Waals surface area contributed by atoms with E-state index in [1.807, 2.05) is 38.1 Å². The molecule has 0 radical (unpaired) electrons. The standard InChI is InChI=1S/C17H17FN2/c1-3-20-11-14-5-4-12(2)6-17(14)15-7-13(10-19)8-16(18)9-15/h4-9,20H,3,11H2,1-2H3. The highest BCUT2D eigenvalue weighted by Gasteiger charge is 2.08. The maximum Gasteiger partial charge on any atom is 0.125 e. The van der Waals surface area contributed by atoms with Gasteiger partial charge in [-0.1, -0.05) is 30.7 Å². The predicted octanol–water partition coefficient (Wildman–Crippen LogP) is 3.78. The summed E-state index contributed by atoms with van der Waals surface area (Å²) in [5, 5.41) is 12.2. The van der Waals surface area contributed by atoms with Gasteiger partial charge in [0.15, 0.2) is 0 Å².